The topological polar surface area (TPSA) is 85.1 Å². The summed E-state index contributed by atoms with van der Waals surface area (Å²) in [5.41, 5.74) is -0.120. The summed E-state index contributed by atoms with van der Waals surface area (Å²) in [6.07, 6.45) is -2.40. The number of rotatable bonds is 5. The fourth-order valence-corrected chi connectivity index (χ4v) is 3.65. The Balaban J connectivity index is 1.77. The molecular formula is C21H20F3N3O4. The van der Waals surface area contributed by atoms with Gasteiger partial charge in [0, 0.05) is 25.0 Å². The summed E-state index contributed by atoms with van der Waals surface area (Å²) < 4.78 is 49.6. The van der Waals surface area contributed by atoms with Gasteiger partial charge >= 0.3 is 6.36 Å². The Morgan fingerprint density at radius 1 is 1.19 bits per heavy atom. The van der Waals surface area contributed by atoms with Crippen molar-refractivity contribution in [3.05, 3.63) is 54.5 Å². The second-order valence-electron chi connectivity index (χ2n) is 7.29. The molecule has 0 radical (unpaired) electrons. The number of hydrogen-bond donors (Lipinski definition) is 2. The number of pyridine rings is 1. The second-order valence-corrected chi connectivity index (χ2v) is 7.29. The molecule has 2 N–H and O–H groups in total. The van der Waals surface area contributed by atoms with E-state index in [9.17, 15) is 23.1 Å². The monoisotopic (exact) mass is 435 g/mol. The Kier molecular flexibility index (Phi) is 5.59. The molecule has 3 aromatic rings. The van der Waals surface area contributed by atoms with Crippen LogP contribution in [0.4, 0.5) is 13.2 Å². The van der Waals surface area contributed by atoms with E-state index >= 15 is 0 Å². The number of para-hydroxylation sites is 1. The van der Waals surface area contributed by atoms with Crippen molar-refractivity contribution in [2.75, 3.05) is 19.8 Å². The molecular weight excluding hydrogens is 415 g/mol. The van der Waals surface area contributed by atoms with Gasteiger partial charge in [0.25, 0.3) is 5.91 Å². The van der Waals surface area contributed by atoms with Crippen molar-refractivity contribution in [1.29, 1.82) is 0 Å². The molecule has 0 aliphatic carbocycles. The molecule has 31 heavy (non-hydrogen) atoms. The van der Waals surface area contributed by atoms with E-state index in [4.69, 9.17) is 4.74 Å². The number of alkyl halides is 3. The first-order chi connectivity index (χ1) is 14.8. The molecule has 0 saturated carbocycles. The van der Waals surface area contributed by atoms with E-state index in [-0.39, 0.29) is 23.7 Å². The summed E-state index contributed by atoms with van der Waals surface area (Å²) in [6, 6.07) is 10.7. The maximum Gasteiger partial charge on any atom is 0.573 e. The number of benzene rings is 1. The van der Waals surface area contributed by atoms with Crippen molar-refractivity contribution in [1.82, 2.24) is 14.7 Å². The van der Waals surface area contributed by atoms with Gasteiger partial charge in [-0.3, -0.25) is 9.20 Å². The van der Waals surface area contributed by atoms with Gasteiger partial charge in [0.1, 0.15) is 11.4 Å². The van der Waals surface area contributed by atoms with Crippen LogP contribution in [0.3, 0.4) is 0 Å². The lowest BCUT2D eigenvalue weighted by Crippen LogP contribution is -2.54. The summed E-state index contributed by atoms with van der Waals surface area (Å²) in [5, 5.41) is 12.7. The van der Waals surface area contributed by atoms with Crippen LogP contribution in [-0.2, 0) is 4.74 Å². The van der Waals surface area contributed by atoms with Gasteiger partial charge in [0.15, 0.2) is 0 Å². The van der Waals surface area contributed by atoms with Crippen molar-refractivity contribution in [3.8, 4) is 17.0 Å². The molecule has 3 heterocycles. The fraction of sp³-hybridized carbons (Fsp3) is 0.333. The summed E-state index contributed by atoms with van der Waals surface area (Å²) >= 11 is 0. The number of aliphatic hydroxyl groups is 1. The number of carbonyl (C=O) groups excluding carboxylic acids is 1. The van der Waals surface area contributed by atoms with Crippen molar-refractivity contribution in [2.45, 2.75) is 24.7 Å². The number of hydrogen-bond acceptors (Lipinski definition) is 5. The molecule has 1 aliphatic rings. The average Bonchev–Trinajstić information content (AvgIpc) is 3.13. The van der Waals surface area contributed by atoms with Crippen molar-refractivity contribution in [3.63, 3.8) is 0 Å². The first-order valence-corrected chi connectivity index (χ1v) is 9.65. The molecule has 0 unspecified atom stereocenters. The molecule has 1 amide bonds. The Morgan fingerprint density at radius 2 is 1.90 bits per heavy atom. The Labute approximate surface area is 175 Å². The number of imidazole rings is 1. The van der Waals surface area contributed by atoms with Crippen LogP contribution in [0, 0.1) is 0 Å². The van der Waals surface area contributed by atoms with Crippen molar-refractivity contribution >= 4 is 11.4 Å². The number of nitrogens with zero attached hydrogens (tertiary/aromatic N) is 2. The molecule has 1 aliphatic heterocycles. The molecule has 2 aromatic heterocycles. The number of aliphatic hydroxyl groups excluding tert-OH is 1. The third-order valence-corrected chi connectivity index (χ3v) is 5.25. The lowest BCUT2D eigenvalue weighted by atomic mass is 9.91. The van der Waals surface area contributed by atoms with Crippen LogP contribution in [0.25, 0.3) is 16.8 Å². The smallest absolute Gasteiger partial charge is 0.405 e. The van der Waals surface area contributed by atoms with Gasteiger partial charge in [0.05, 0.1) is 17.7 Å². The van der Waals surface area contributed by atoms with E-state index in [0.29, 0.717) is 31.6 Å². The molecule has 1 fully saturated rings. The van der Waals surface area contributed by atoms with Crippen molar-refractivity contribution < 1.29 is 32.5 Å². The number of carbonyl (C=O) groups is 1. The Bertz CT molecular complexity index is 1090. The first kappa shape index (κ1) is 21.1. The maximum absolute atomic E-state index is 13.1. The first-order valence-electron chi connectivity index (χ1n) is 9.65. The average molecular weight is 435 g/mol. The molecule has 1 aromatic carbocycles. The number of nitrogens with one attached hydrogen (secondary N) is 1. The summed E-state index contributed by atoms with van der Waals surface area (Å²) in [5.74, 6) is -0.966. The fourth-order valence-electron chi connectivity index (χ4n) is 3.65. The largest absolute Gasteiger partial charge is 0.573 e. The lowest BCUT2D eigenvalue weighted by molar-refractivity contribution is -0.274. The standard InChI is InChI=1S/C21H20F3N3O4/c22-21(23,24)31-16-7-2-1-5-14(16)17-15-6-3-4-10-27(15)18(25-17)19(29)26-20(13-28)8-11-30-12-9-20/h1-7,10,28H,8-9,11-13H2,(H,26,29). The van der Waals surface area contributed by atoms with Crippen LogP contribution in [0.5, 0.6) is 5.75 Å². The van der Waals surface area contributed by atoms with Crippen LogP contribution in [0.2, 0.25) is 0 Å². The molecule has 1 saturated heterocycles. The zero-order chi connectivity index (χ0) is 22.1. The summed E-state index contributed by atoms with van der Waals surface area (Å²) in [4.78, 5) is 17.5. The molecule has 0 spiro atoms. The predicted octanol–water partition coefficient (Wildman–Crippen LogP) is 3.17. The zero-order valence-corrected chi connectivity index (χ0v) is 16.4. The van der Waals surface area contributed by atoms with Crippen LogP contribution in [0.15, 0.2) is 48.7 Å². The highest BCUT2D eigenvalue weighted by Gasteiger charge is 2.36. The molecule has 0 atom stereocenters. The van der Waals surface area contributed by atoms with E-state index < -0.39 is 23.6 Å². The minimum atomic E-state index is -4.87. The van der Waals surface area contributed by atoms with E-state index in [1.807, 2.05) is 0 Å². The second kappa shape index (κ2) is 8.20. The number of fused-ring (bicyclic) bond motifs is 1. The third-order valence-electron chi connectivity index (χ3n) is 5.25. The molecule has 10 heteroatoms. The van der Waals surface area contributed by atoms with Crippen LogP contribution in [-0.4, -0.2) is 52.1 Å². The molecule has 7 nitrogen and oxygen atoms in total. The van der Waals surface area contributed by atoms with Crippen LogP contribution >= 0.6 is 0 Å². The van der Waals surface area contributed by atoms with Crippen LogP contribution in [0.1, 0.15) is 23.5 Å². The SMILES string of the molecule is O=C(NC1(CO)CCOCC1)c1nc(-c2ccccc2OC(F)(F)F)c2ccccn12. The minimum Gasteiger partial charge on any atom is -0.405 e. The zero-order valence-electron chi connectivity index (χ0n) is 16.4. The molecule has 164 valence electrons. The number of ether oxygens (including phenoxy) is 2. The number of amides is 1. The number of aromatic nitrogens is 2. The highest BCUT2D eigenvalue weighted by atomic mass is 19.4. The summed E-state index contributed by atoms with van der Waals surface area (Å²) in [6.45, 7) is 0.535. The number of halogens is 3. The van der Waals surface area contributed by atoms with Gasteiger partial charge in [-0.15, -0.1) is 13.2 Å². The van der Waals surface area contributed by atoms with Gasteiger partial charge < -0.3 is 19.9 Å². The van der Waals surface area contributed by atoms with Crippen molar-refractivity contribution in [2.24, 2.45) is 0 Å². The lowest BCUT2D eigenvalue weighted by Gasteiger charge is -2.36. The summed E-state index contributed by atoms with van der Waals surface area (Å²) in [7, 11) is 0. The quantitative estimate of drug-likeness (QED) is 0.643. The highest BCUT2D eigenvalue weighted by Crippen LogP contribution is 2.35. The van der Waals surface area contributed by atoms with Crippen LogP contribution < -0.4 is 10.1 Å². The highest BCUT2D eigenvalue weighted by molar-refractivity contribution is 5.95. The van der Waals surface area contributed by atoms with E-state index in [0.717, 1.165) is 0 Å². The van der Waals surface area contributed by atoms with E-state index in [1.165, 1.54) is 22.6 Å². The third kappa shape index (κ3) is 4.35. The van der Waals surface area contributed by atoms with E-state index in [2.05, 4.69) is 15.0 Å². The Hall–Kier alpha value is -3.11. The minimum absolute atomic E-state index is 0.00766. The normalized spacial score (nSPS) is 16.3. The predicted molar refractivity (Wildman–Crippen MR) is 105 cm³/mol. The van der Waals surface area contributed by atoms with Gasteiger partial charge in [-0.1, -0.05) is 18.2 Å². The molecule has 0 bridgehead atoms. The maximum atomic E-state index is 13.1. The van der Waals surface area contributed by atoms with Gasteiger partial charge in [-0.25, -0.2) is 4.98 Å². The Morgan fingerprint density at radius 3 is 2.61 bits per heavy atom. The van der Waals surface area contributed by atoms with Gasteiger partial charge in [-0.05, 0) is 37.1 Å². The van der Waals surface area contributed by atoms with E-state index in [1.54, 1.807) is 30.5 Å². The van der Waals surface area contributed by atoms with Gasteiger partial charge in [-0.2, -0.15) is 0 Å². The molecule has 4 rings (SSSR count). The van der Waals surface area contributed by atoms with Gasteiger partial charge in [0.2, 0.25) is 5.82 Å².